The van der Waals surface area contributed by atoms with E-state index in [-0.39, 0.29) is 5.92 Å². The molecular formula is C16H26N2OS. The fraction of sp³-hybridized carbons (Fsp3) is 0.750. The molecular weight excluding hydrogens is 268 g/mol. The van der Waals surface area contributed by atoms with E-state index in [1.54, 1.807) is 11.3 Å². The van der Waals surface area contributed by atoms with Crippen molar-refractivity contribution in [1.82, 2.24) is 9.88 Å². The first-order valence-corrected chi connectivity index (χ1v) is 8.58. The van der Waals surface area contributed by atoms with Gasteiger partial charge in [-0.1, -0.05) is 19.8 Å². The molecule has 1 aliphatic carbocycles. The number of carbonyl (C=O) groups excluding carboxylic acids is 1. The lowest BCUT2D eigenvalue weighted by Gasteiger charge is -2.30. The summed E-state index contributed by atoms with van der Waals surface area (Å²) in [6.45, 7) is 6.01. The van der Waals surface area contributed by atoms with Crippen LogP contribution in [0.15, 0.2) is 5.38 Å². The van der Waals surface area contributed by atoms with Crippen molar-refractivity contribution in [3.8, 4) is 0 Å². The molecule has 20 heavy (non-hydrogen) atoms. The van der Waals surface area contributed by atoms with Gasteiger partial charge in [-0.15, -0.1) is 11.3 Å². The van der Waals surface area contributed by atoms with Crippen molar-refractivity contribution in [2.24, 2.45) is 11.8 Å². The summed E-state index contributed by atoms with van der Waals surface area (Å²) in [5.74, 6) is 1.47. The van der Waals surface area contributed by atoms with Crippen LogP contribution in [0.5, 0.6) is 0 Å². The number of Topliss-reactive ketones (excluding diaryl/α,β-unsaturated/α-hetero) is 1. The van der Waals surface area contributed by atoms with Crippen molar-refractivity contribution >= 4 is 17.1 Å². The highest BCUT2D eigenvalue weighted by molar-refractivity contribution is 7.09. The molecule has 1 heterocycles. The Morgan fingerprint density at radius 2 is 2.30 bits per heavy atom. The second-order valence-corrected chi connectivity index (χ2v) is 7.21. The highest BCUT2D eigenvalue weighted by Crippen LogP contribution is 2.30. The lowest BCUT2D eigenvalue weighted by Crippen LogP contribution is -2.34. The molecule has 0 spiro atoms. The summed E-state index contributed by atoms with van der Waals surface area (Å²) in [5.41, 5.74) is 1.13. The van der Waals surface area contributed by atoms with Gasteiger partial charge in [0.15, 0.2) is 0 Å². The van der Waals surface area contributed by atoms with Gasteiger partial charge in [-0.25, -0.2) is 4.98 Å². The van der Waals surface area contributed by atoms with E-state index in [1.807, 2.05) is 6.92 Å². The normalized spacial score (nSPS) is 23.5. The first kappa shape index (κ1) is 15.6. The van der Waals surface area contributed by atoms with Crippen molar-refractivity contribution in [2.45, 2.75) is 52.5 Å². The lowest BCUT2D eigenvalue weighted by atomic mass is 9.78. The molecule has 0 N–H and O–H groups in total. The third-order valence-electron chi connectivity index (χ3n) is 4.20. The van der Waals surface area contributed by atoms with Crippen LogP contribution in [-0.4, -0.2) is 29.3 Å². The Kier molecular flexibility index (Phi) is 5.73. The summed E-state index contributed by atoms with van der Waals surface area (Å²) in [6, 6.07) is 0. The largest absolute Gasteiger partial charge is 0.300 e. The van der Waals surface area contributed by atoms with Crippen LogP contribution in [-0.2, 0) is 11.3 Å². The van der Waals surface area contributed by atoms with E-state index < -0.39 is 0 Å². The van der Waals surface area contributed by atoms with E-state index in [9.17, 15) is 4.79 Å². The Bertz CT molecular complexity index is 443. The molecule has 0 amide bonds. The van der Waals surface area contributed by atoms with E-state index in [0.29, 0.717) is 5.78 Å². The Labute approximate surface area is 126 Å². The summed E-state index contributed by atoms with van der Waals surface area (Å²) in [7, 11) is 2.10. The second-order valence-electron chi connectivity index (χ2n) is 6.15. The highest BCUT2D eigenvalue weighted by atomic mass is 32.1. The number of thiazole rings is 1. The minimum absolute atomic E-state index is 0.241. The monoisotopic (exact) mass is 294 g/mol. The zero-order valence-corrected chi connectivity index (χ0v) is 13.7. The molecule has 1 aromatic rings. The van der Waals surface area contributed by atoms with E-state index in [1.165, 1.54) is 12.8 Å². The Morgan fingerprint density at radius 1 is 1.50 bits per heavy atom. The second kappa shape index (κ2) is 7.32. The molecule has 1 aromatic heterocycles. The summed E-state index contributed by atoms with van der Waals surface area (Å²) < 4.78 is 0. The van der Waals surface area contributed by atoms with Crippen LogP contribution in [0.25, 0.3) is 0 Å². The predicted molar refractivity (Wildman–Crippen MR) is 83.9 cm³/mol. The molecule has 0 saturated heterocycles. The third kappa shape index (κ3) is 4.38. The predicted octanol–water partition coefficient (Wildman–Crippen LogP) is 3.67. The minimum atomic E-state index is 0.241. The summed E-state index contributed by atoms with van der Waals surface area (Å²) in [4.78, 5) is 18.9. The van der Waals surface area contributed by atoms with E-state index in [4.69, 9.17) is 0 Å². The Morgan fingerprint density at radius 3 is 2.95 bits per heavy atom. The molecule has 0 radical (unpaired) electrons. The smallest absolute Gasteiger partial charge is 0.137 e. The van der Waals surface area contributed by atoms with Crippen molar-refractivity contribution < 1.29 is 4.79 Å². The molecule has 2 atom stereocenters. The number of hydrogen-bond acceptors (Lipinski definition) is 4. The first-order chi connectivity index (χ1) is 9.58. The van der Waals surface area contributed by atoms with Crippen molar-refractivity contribution in [2.75, 3.05) is 13.6 Å². The molecule has 0 aliphatic heterocycles. The Hall–Kier alpha value is -0.740. The van der Waals surface area contributed by atoms with E-state index in [0.717, 1.165) is 49.0 Å². The van der Waals surface area contributed by atoms with Crippen LogP contribution in [0.3, 0.4) is 0 Å². The molecule has 1 saturated carbocycles. The summed E-state index contributed by atoms with van der Waals surface area (Å²) in [5, 5.41) is 3.24. The maximum Gasteiger partial charge on any atom is 0.137 e. The first-order valence-electron chi connectivity index (χ1n) is 7.70. The topological polar surface area (TPSA) is 33.2 Å². The zero-order chi connectivity index (χ0) is 14.5. The molecule has 1 aliphatic rings. The average molecular weight is 294 g/mol. The van der Waals surface area contributed by atoms with Gasteiger partial charge in [0.2, 0.25) is 0 Å². The third-order valence-corrected chi connectivity index (χ3v) is 5.02. The van der Waals surface area contributed by atoms with E-state index in [2.05, 4.69) is 29.2 Å². The van der Waals surface area contributed by atoms with Gasteiger partial charge in [-0.3, -0.25) is 9.69 Å². The SMILES string of the molecule is CCCC1CCC(=O)C(CN(C)Cc2csc(C)n2)C1. The van der Waals surface area contributed by atoms with Gasteiger partial charge in [-0.05, 0) is 32.7 Å². The Balaban J connectivity index is 1.85. The summed E-state index contributed by atoms with van der Waals surface area (Å²) in [6.07, 6.45) is 5.50. The van der Waals surface area contributed by atoms with Crippen LogP contribution in [0.4, 0.5) is 0 Å². The zero-order valence-electron chi connectivity index (χ0n) is 12.9. The molecule has 112 valence electrons. The number of aryl methyl sites for hydroxylation is 1. The molecule has 0 aromatic carbocycles. The quantitative estimate of drug-likeness (QED) is 0.802. The van der Waals surface area contributed by atoms with Gasteiger partial charge in [0.05, 0.1) is 10.7 Å². The van der Waals surface area contributed by atoms with Crippen molar-refractivity contribution in [3.05, 3.63) is 16.1 Å². The number of carbonyl (C=O) groups is 1. The van der Waals surface area contributed by atoms with Gasteiger partial charge in [-0.2, -0.15) is 0 Å². The average Bonchev–Trinajstić information content (AvgIpc) is 2.79. The van der Waals surface area contributed by atoms with Gasteiger partial charge in [0.25, 0.3) is 0 Å². The minimum Gasteiger partial charge on any atom is -0.300 e. The molecule has 1 fully saturated rings. The van der Waals surface area contributed by atoms with Crippen LogP contribution < -0.4 is 0 Å². The van der Waals surface area contributed by atoms with Crippen LogP contribution in [0.2, 0.25) is 0 Å². The van der Waals surface area contributed by atoms with Gasteiger partial charge < -0.3 is 0 Å². The number of rotatable bonds is 6. The molecule has 3 nitrogen and oxygen atoms in total. The van der Waals surface area contributed by atoms with Crippen LogP contribution in [0, 0.1) is 18.8 Å². The maximum absolute atomic E-state index is 12.1. The molecule has 0 bridgehead atoms. The van der Waals surface area contributed by atoms with Crippen molar-refractivity contribution in [3.63, 3.8) is 0 Å². The highest BCUT2D eigenvalue weighted by Gasteiger charge is 2.28. The molecule has 4 heteroatoms. The lowest BCUT2D eigenvalue weighted by molar-refractivity contribution is -0.126. The summed E-state index contributed by atoms with van der Waals surface area (Å²) >= 11 is 1.70. The van der Waals surface area contributed by atoms with Gasteiger partial charge in [0, 0.05) is 30.8 Å². The van der Waals surface area contributed by atoms with Gasteiger partial charge in [0.1, 0.15) is 5.78 Å². The van der Waals surface area contributed by atoms with E-state index >= 15 is 0 Å². The number of nitrogens with zero attached hydrogens (tertiary/aromatic N) is 2. The standard InChI is InChI=1S/C16H26N2OS/c1-4-5-13-6-7-16(19)14(8-13)9-18(3)10-15-11-20-12(2)17-15/h11,13-14H,4-10H2,1-3H3. The van der Waals surface area contributed by atoms with Gasteiger partial charge >= 0.3 is 0 Å². The fourth-order valence-corrected chi connectivity index (χ4v) is 3.85. The molecule has 2 rings (SSSR count). The number of aromatic nitrogens is 1. The fourth-order valence-electron chi connectivity index (χ4n) is 3.25. The molecule has 2 unspecified atom stereocenters. The number of hydrogen-bond donors (Lipinski definition) is 0. The van der Waals surface area contributed by atoms with Crippen LogP contribution >= 0.6 is 11.3 Å². The number of ketones is 1. The maximum atomic E-state index is 12.1. The van der Waals surface area contributed by atoms with Crippen LogP contribution in [0.1, 0.15) is 49.7 Å². The van der Waals surface area contributed by atoms with Crippen molar-refractivity contribution in [1.29, 1.82) is 0 Å².